The fourth-order valence-electron chi connectivity index (χ4n) is 3.22. The molecule has 0 unspecified atom stereocenters. The summed E-state index contributed by atoms with van der Waals surface area (Å²) in [5.41, 5.74) is 7.27. The second kappa shape index (κ2) is 4.39. The molecule has 3 nitrogen and oxygen atoms in total. The molecule has 0 bridgehead atoms. The Kier molecular flexibility index (Phi) is 2.86. The number of hydrazine groups is 1. The van der Waals surface area contributed by atoms with E-state index in [9.17, 15) is 4.79 Å². The smallest absolute Gasteiger partial charge is 0.139 e. The SMILES string of the molecule is Cc1cccc(N2NC[C@H]3C(=O)CCC[C@@H]32)c1C. The predicted molar refractivity (Wildman–Crippen MR) is 72.5 cm³/mol. The van der Waals surface area contributed by atoms with Gasteiger partial charge in [0.2, 0.25) is 0 Å². The van der Waals surface area contributed by atoms with E-state index < -0.39 is 0 Å². The van der Waals surface area contributed by atoms with E-state index in [-0.39, 0.29) is 5.92 Å². The van der Waals surface area contributed by atoms with Crippen molar-refractivity contribution in [3.8, 4) is 0 Å². The number of carbonyl (C=O) groups is 1. The minimum absolute atomic E-state index is 0.193. The summed E-state index contributed by atoms with van der Waals surface area (Å²) in [5, 5.41) is 2.24. The van der Waals surface area contributed by atoms with Crippen LogP contribution in [0.15, 0.2) is 18.2 Å². The van der Waals surface area contributed by atoms with E-state index in [1.807, 2.05) is 0 Å². The molecule has 1 saturated carbocycles. The van der Waals surface area contributed by atoms with Crippen LogP contribution in [-0.4, -0.2) is 18.4 Å². The highest BCUT2D eigenvalue weighted by atomic mass is 16.1. The van der Waals surface area contributed by atoms with Crippen molar-refractivity contribution in [3.63, 3.8) is 0 Å². The van der Waals surface area contributed by atoms with Gasteiger partial charge in [-0.15, -0.1) is 0 Å². The molecule has 1 saturated heterocycles. The van der Waals surface area contributed by atoms with Crippen LogP contribution in [0.1, 0.15) is 30.4 Å². The average molecular weight is 244 g/mol. The summed E-state index contributed by atoms with van der Waals surface area (Å²) in [4.78, 5) is 11.9. The van der Waals surface area contributed by atoms with Crippen LogP contribution in [0.25, 0.3) is 0 Å². The number of aryl methyl sites for hydroxylation is 1. The zero-order valence-corrected chi connectivity index (χ0v) is 11.1. The molecule has 1 aliphatic carbocycles. The monoisotopic (exact) mass is 244 g/mol. The average Bonchev–Trinajstić information content (AvgIpc) is 2.78. The number of hydrogen-bond acceptors (Lipinski definition) is 3. The van der Waals surface area contributed by atoms with E-state index in [0.717, 1.165) is 25.8 Å². The lowest BCUT2D eigenvalue weighted by Gasteiger charge is -2.32. The molecular weight excluding hydrogens is 224 g/mol. The lowest BCUT2D eigenvalue weighted by atomic mass is 9.84. The Morgan fingerprint density at radius 3 is 3.00 bits per heavy atom. The summed E-state index contributed by atoms with van der Waals surface area (Å²) in [6.45, 7) is 5.10. The van der Waals surface area contributed by atoms with Crippen LogP contribution in [0.2, 0.25) is 0 Å². The van der Waals surface area contributed by atoms with Crippen LogP contribution in [-0.2, 0) is 4.79 Å². The minimum atomic E-state index is 0.193. The van der Waals surface area contributed by atoms with Gasteiger partial charge in [0.1, 0.15) is 5.78 Å². The first-order valence-corrected chi connectivity index (χ1v) is 6.80. The third-order valence-corrected chi connectivity index (χ3v) is 4.45. The largest absolute Gasteiger partial charge is 0.304 e. The standard InChI is InChI=1S/C15H20N2O/c1-10-5-3-6-13(11(10)2)17-14-7-4-8-15(18)12(14)9-16-17/h3,5-6,12,14,16H,4,7-9H2,1-2H3/t12-,14+/m1/s1. The van der Waals surface area contributed by atoms with E-state index in [1.54, 1.807) is 0 Å². The number of hydrogen-bond donors (Lipinski definition) is 1. The topological polar surface area (TPSA) is 32.3 Å². The third-order valence-electron chi connectivity index (χ3n) is 4.45. The van der Waals surface area contributed by atoms with Gasteiger partial charge in [-0.05, 0) is 43.9 Å². The van der Waals surface area contributed by atoms with E-state index >= 15 is 0 Å². The van der Waals surface area contributed by atoms with Crippen molar-refractivity contribution in [1.29, 1.82) is 0 Å². The van der Waals surface area contributed by atoms with Crippen LogP contribution < -0.4 is 10.4 Å². The number of ketones is 1. The van der Waals surface area contributed by atoms with Gasteiger partial charge in [-0.25, -0.2) is 5.43 Å². The molecule has 0 aromatic heterocycles. The van der Waals surface area contributed by atoms with Crippen LogP contribution in [0, 0.1) is 19.8 Å². The molecule has 0 amide bonds. The van der Waals surface area contributed by atoms with Crippen molar-refractivity contribution < 1.29 is 4.79 Å². The van der Waals surface area contributed by atoms with Gasteiger partial charge in [0.15, 0.2) is 0 Å². The summed E-state index contributed by atoms with van der Waals surface area (Å²) >= 11 is 0. The molecule has 0 spiro atoms. The second-order valence-corrected chi connectivity index (χ2v) is 5.48. The van der Waals surface area contributed by atoms with E-state index in [1.165, 1.54) is 16.8 Å². The van der Waals surface area contributed by atoms with Crippen molar-refractivity contribution in [1.82, 2.24) is 5.43 Å². The van der Waals surface area contributed by atoms with Crippen molar-refractivity contribution in [2.45, 2.75) is 39.2 Å². The van der Waals surface area contributed by atoms with E-state index in [4.69, 9.17) is 0 Å². The number of fused-ring (bicyclic) bond motifs is 1. The second-order valence-electron chi connectivity index (χ2n) is 5.48. The maximum Gasteiger partial charge on any atom is 0.139 e. The van der Waals surface area contributed by atoms with Gasteiger partial charge < -0.3 is 5.01 Å². The molecule has 96 valence electrons. The Morgan fingerprint density at radius 2 is 2.17 bits per heavy atom. The van der Waals surface area contributed by atoms with Crippen molar-refractivity contribution in [2.24, 2.45) is 5.92 Å². The predicted octanol–water partition coefficient (Wildman–Crippen LogP) is 2.37. The molecule has 1 N–H and O–H groups in total. The number of Topliss-reactive ketones (excluding diaryl/α,β-unsaturated/α-hetero) is 1. The number of anilines is 1. The number of benzene rings is 1. The lowest BCUT2D eigenvalue weighted by molar-refractivity contribution is -0.124. The Balaban J connectivity index is 1.93. The maximum atomic E-state index is 11.9. The molecule has 1 aliphatic heterocycles. The Bertz CT molecular complexity index is 483. The van der Waals surface area contributed by atoms with Gasteiger partial charge in [-0.1, -0.05) is 12.1 Å². The van der Waals surface area contributed by atoms with Gasteiger partial charge in [-0.2, -0.15) is 0 Å². The van der Waals surface area contributed by atoms with E-state index in [0.29, 0.717) is 11.8 Å². The van der Waals surface area contributed by atoms with Crippen LogP contribution in [0.3, 0.4) is 0 Å². The van der Waals surface area contributed by atoms with Crippen molar-refractivity contribution in [3.05, 3.63) is 29.3 Å². The van der Waals surface area contributed by atoms with E-state index in [2.05, 4.69) is 42.5 Å². The molecule has 1 aromatic rings. The number of carbonyl (C=O) groups excluding carboxylic acids is 1. The summed E-state index contributed by atoms with van der Waals surface area (Å²) < 4.78 is 0. The zero-order chi connectivity index (χ0) is 12.7. The van der Waals surface area contributed by atoms with Crippen LogP contribution >= 0.6 is 0 Å². The van der Waals surface area contributed by atoms with Crippen LogP contribution in [0.4, 0.5) is 5.69 Å². The fourth-order valence-corrected chi connectivity index (χ4v) is 3.22. The summed E-state index contributed by atoms with van der Waals surface area (Å²) in [6, 6.07) is 6.73. The molecule has 18 heavy (non-hydrogen) atoms. The normalized spacial score (nSPS) is 27.4. The number of nitrogens with zero attached hydrogens (tertiary/aromatic N) is 1. The highest BCUT2D eigenvalue weighted by molar-refractivity contribution is 5.84. The highest BCUT2D eigenvalue weighted by Crippen LogP contribution is 2.34. The van der Waals surface area contributed by atoms with Crippen LogP contribution in [0.5, 0.6) is 0 Å². The molecule has 2 atom stereocenters. The van der Waals surface area contributed by atoms with Gasteiger partial charge in [-0.3, -0.25) is 4.79 Å². The molecule has 0 radical (unpaired) electrons. The molecule has 2 fully saturated rings. The molecule has 3 rings (SSSR count). The summed E-state index contributed by atoms with van der Waals surface area (Å²) in [6.07, 6.45) is 2.92. The maximum absolute atomic E-state index is 11.9. The first-order valence-electron chi connectivity index (χ1n) is 6.80. The molecule has 2 aliphatic rings. The first-order chi connectivity index (χ1) is 8.68. The number of rotatable bonds is 1. The molecule has 1 heterocycles. The summed E-state index contributed by atoms with van der Waals surface area (Å²) in [7, 11) is 0. The fraction of sp³-hybridized carbons (Fsp3) is 0.533. The quantitative estimate of drug-likeness (QED) is 0.823. The minimum Gasteiger partial charge on any atom is -0.304 e. The molecule has 1 aromatic carbocycles. The van der Waals surface area contributed by atoms with Crippen molar-refractivity contribution >= 4 is 11.5 Å². The molecular formula is C15H20N2O. The Morgan fingerprint density at radius 1 is 1.33 bits per heavy atom. The highest BCUT2D eigenvalue weighted by Gasteiger charge is 2.41. The lowest BCUT2D eigenvalue weighted by Crippen LogP contribution is -2.41. The Labute approximate surface area is 108 Å². The van der Waals surface area contributed by atoms with Gasteiger partial charge in [0, 0.05) is 13.0 Å². The Hall–Kier alpha value is -1.35. The zero-order valence-electron chi connectivity index (χ0n) is 11.1. The van der Waals surface area contributed by atoms with Gasteiger partial charge >= 0.3 is 0 Å². The first kappa shape index (κ1) is 11.7. The van der Waals surface area contributed by atoms with Crippen molar-refractivity contribution in [2.75, 3.05) is 11.6 Å². The van der Waals surface area contributed by atoms with Gasteiger partial charge in [0.25, 0.3) is 0 Å². The van der Waals surface area contributed by atoms with Gasteiger partial charge in [0.05, 0.1) is 17.6 Å². The molecule has 3 heteroatoms. The summed E-state index contributed by atoms with van der Waals surface area (Å²) in [5.74, 6) is 0.630. The number of nitrogens with one attached hydrogen (secondary N) is 1. The third kappa shape index (κ3) is 1.74.